The van der Waals surface area contributed by atoms with E-state index in [9.17, 15) is 9.59 Å². The quantitative estimate of drug-likeness (QED) is 0.653. The molecule has 5 heteroatoms. The molecule has 2 amide bonds. The number of benzene rings is 3. The van der Waals surface area contributed by atoms with E-state index in [1.165, 1.54) is 0 Å². The lowest BCUT2D eigenvalue weighted by atomic mass is 9.82. The molecule has 0 radical (unpaired) electrons. The van der Waals surface area contributed by atoms with E-state index >= 15 is 0 Å². The first-order valence-electron chi connectivity index (χ1n) is 9.90. The van der Waals surface area contributed by atoms with E-state index in [-0.39, 0.29) is 11.8 Å². The molecule has 4 nitrogen and oxygen atoms in total. The molecule has 0 aromatic heterocycles. The van der Waals surface area contributed by atoms with E-state index in [4.69, 9.17) is 11.6 Å². The number of rotatable bonds is 4. The fraction of sp³-hybridized carbons (Fsp3) is 0.200. The Morgan fingerprint density at radius 3 is 2.53 bits per heavy atom. The van der Waals surface area contributed by atoms with Crippen molar-refractivity contribution in [3.05, 3.63) is 100 Å². The summed E-state index contributed by atoms with van der Waals surface area (Å²) in [7, 11) is 0. The molecule has 1 heterocycles. The van der Waals surface area contributed by atoms with Gasteiger partial charge in [0.05, 0.1) is 0 Å². The van der Waals surface area contributed by atoms with Gasteiger partial charge in [-0.05, 0) is 60.9 Å². The van der Waals surface area contributed by atoms with Crippen molar-refractivity contribution in [1.82, 2.24) is 5.32 Å². The van der Waals surface area contributed by atoms with Crippen molar-refractivity contribution in [2.24, 2.45) is 0 Å². The largest absolute Gasteiger partial charge is 0.350 e. The summed E-state index contributed by atoms with van der Waals surface area (Å²) in [5.41, 5.74) is 3.17. The Hall–Kier alpha value is -3.11. The smallest absolute Gasteiger partial charge is 0.259 e. The molecule has 0 saturated heterocycles. The summed E-state index contributed by atoms with van der Waals surface area (Å²) in [6.07, 6.45) is 0.440. The van der Waals surface area contributed by atoms with Crippen LogP contribution in [0.4, 0.5) is 5.69 Å². The summed E-state index contributed by atoms with van der Waals surface area (Å²) in [5, 5.41) is 3.67. The molecule has 0 saturated carbocycles. The number of halogens is 1. The maximum Gasteiger partial charge on any atom is 0.259 e. The van der Waals surface area contributed by atoms with Gasteiger partial charge in [-0.1, -0.05) is 54.1 Å². The molecular weight excluding hydrogens is 396 g/mol. The van der Waals surface area contributed by atoms with Crippen LogP contribution in [-0.2, 0) is 17.8 Å². The zero-order valence-corrected chi connectivity index (χ0v) is 17.7. The molecule has 4 rings (SSSR count). The van der Waals surface area contributed by atoms with Crippen LogP contribution in [0.5, 0.6) is 0 Å². The van der Waals surface area contributed by atoms with Crippen molar-refractivity contribution < 1.29 is 9.59 Å². The third-order valence-corrected chi connectivity index (χ3v) is 5.85. The van der Waals surface area contributed by atoms with E-state index in [2.05, 4.69) is 5.32 Å². The Labute approximate surface area is 181 Å². The van der Waals surface area contributed by atoms with Crippen molar-refractivity contribution in [2.75, 3.05) is 4.90 Å². The molecule has 1 atom stereocenters. The highest BCUT2D eigenvalue weighted by Gasteiger charge is 2.47. The number of fused-ring (bicyclic) bond motifs is 1. The van der Waals surface area contributed by atoms with Crippen LogP contribution in [0, 0.1) is 6.92 Å². The molecule has 152 valence electrons. The predicted molar refractivity (Wildman–Crippen MR) is 120 cm³/mol. The topological polar surface area (TPSA) is 49.4 Å². The highest BCUT2D eigenvalue weighted by Crippen LogP contribution is 2.35. The van der Waals surface area contributed by atoms with E-state index in [0.717, 1.165) is 22.4 Å². The van der Waals surface area contributed by atoms with Crippen LogP contribution in [0.1, 0.15) is 34.0 Å². The number of hydrogen-bond acceptors (Lipinski definition) is 2. The van der Waals surface area contributed by atoms with Crippen LogP contribution in [0.25, 0.3) is 0 Å². The third kappa shape index (κ3) is 3.71. The van der Waals surface area contributed by atoms with E-state index < -0.39 is 5.54 Å². The summed E-state index contributed by atoms with van der Waals surface area (Å²) < 4.78 is 0. The average Bonchev–Trinajstić information content (AvgIpc) is 2.73. The van der Waals surface area contributed by atoms with Gasteiger partial charge in [-0.2, -0.15) is 0 Å². The Bertz CT molecular complexity index is 1110. The highest BCUT2D eigenvalue weighted by molar-refractivity contribution is 6.30. The number of hydrogen-bond donors (Lipinski definition) is 1. The molecular formula is C25H23ClN2O2. The molecule has 1 unspecified atom stereocenters. The summed E-state index contributed by atoms with van der Waals surface area (Å²) >= 11 is 5.95. The van der Waals surface area contributed by atoms with Gasteiger partial charge in [-0.3, -0.25) is 14.5 Å². The molecule has 1 aliphatic rings. The molecule has 0 fully saturated rings. The fourth-order valence-electron chi connectivity index (χ4n) is 4.00. The number of nitrogens with one attached hydrogen (secondary N) is 1. The van der Waals surface area contributed by atoms with Gasteiger partial charge in [-0.15, -0.1) is 0 Å². The van der Waals surface area contributed by atoms with Crippen molar-refractivity contribution >= 4 is 29.1 Å². The number of amides is 2. The molecule has 1 aliphatic heterocycles. The number of carbonyl (C=O) groups excluding carboxylic acids is 2. The van der Waals surface area contributed by atoms with Gasteiger partial charge in [0.25, 0.3) is 5.91 Å². The van der Waals surface area contributed by atoms with E-state index in [1.54, 1.807) is 17.0 Å². The number of nitrogens with zero attached hydrogens (tertiary/aromatic N) is 1. The summed E-state index contributed by atoms with van der Waals surface area (Å²) in [4.78, 5) is 28.6. The molecule has 0 bridgehead atoms. The normalized spacial score (nSPS) is 18.1. The van der Waals surface area contributed by atoms with Crippen LogP contribution in [0.2, 0.25) is 5.02 Å². The molecule has 0 aliphatic carbocycles. The second-order valence-electron chi connectivity index (χ2n) is 7.90. The molecule has 3 aromatic carbocycles. The minimum Gasteiger partial charge on any atom is -0.350 e. The highest BCUT2D eigenvalue weighted by atomic mass is 35.5. The van der Waals surface area contributed by atoms with Gasteiger partial charge in [0, 0.05) is 29.2 Å². The number of anilines is 1. The van der Waals surface area contributed by atoms with Crippen LogP contribution >= 0.6 is 11.6 Å². The lowest BCUT2D eigenvalue weighted by molar-refractivity contribution is -0.126. The zero-order valence-electron chi connectivity index (χ0n) is 17.0. The first kappa shape index (κ1) is 20.2. The molecule has 0 spiro atoms. The monoisotopic (exact) mass is 418 g/mol. The second-order valence-corrected chi connectivity index (χ2v) is 8.33. The maximum atomic E-state index is 13.5. The standard InChI is InChI=1S/C25H23ClN2O2/c1-17-6-5-8-21(14-17)28-23(29)22-9-4-3-7-19(22)15-25(28,2)24(30)27-16-18-10-12-20(26)13-11-18/h3-14H,15-16H2,1-2H3,(H,27,30). The second kappa shape index (κ2) is 7.96. The zero-order chi connectivity index (χ0) is 21.3. The summed E-state index contributed by atoms with van der Waals surface area (Å²) in [6, 6.07) is 22.6. The van der Waals surface area contributed by atoms with Gasteiger partial charge in [0.15, 0.2) is 0 Å². The number of aryl methyl sites for hydroxylation is 1. The average molecular weight is 419 g/mol. The third-order valence-electron chi connectivity index (χ3n) is 5.59. The fourth-order valence-corrected chi connectivity index (χ4v) is 4.13. The van der Waals surface area contributed by atoms with Crippen LogP contribution in [0.15, 0.2) is 72.8 Å². The molecule has 30 heavy (non-hydrogen) atoms. The number of carbonyl (C=O) groups is 2. The Kier molecular flexibility index (Phi) is 5.35. The summed E-state index contributed by atoms with van der Waals surface area (Å²) in [5.74, 6) is -0.353. The summed E-state index contributed by atoms with van der Waals surface area (Å²) in [6.45, 7) is 4.17. The van der Waals surface area contributed by atoms with Crippen LogP contribution < -0.4 is 10.2 Å². The molecule has 1 N–H and O–H groups in total. The van der Waals surface area contributed by atoms with Gasteiger partial charge in [-0.25, -0.2) is 0 Å². The Morgan fingerprint density at radius 1 is 1.07 bits per heavy atom. The van der Waals surface area contributed by atoms with Crippen molar-refractivity contribution in [3.63, 3.8) is 0 Å². The first-order valence-corrected chi connectivity index (χ1v) is 10.3. The lowest BCUT2D eigenvalue weighted by Gasteiger charge is -2.44. The minimum atomic E-state index is -1.05. The predicted octanol–water partition coefficient (Wildman–Crippen LogP) is 4.93. The lowest BCUT2D eigenvalue weighted by Crippen LogP contribution is -2.63. The van der Waals surface area contributed by atoms with Gasteiger partial charge in [0.1, 0.15) is 5.54 Å². The van der Waals surface area contributed by atoms with E-state index in [0.29, 0.717) is 23.6 Å². The minimum absolute atomic E-state index is 0.161. The van der Waals surface area contributed by atoms with Crippen LogP contribution in [-0.4, -0.2) is 17.4 Å². The van der Waals surface area contributed by atoms with Gasteiger partial charge >= 0.3 is 0 Å². The van der Waals surface area contributed by atoms with Gasteiger partial charge < -0.3 is 5.32 Å². The van der Waals surface area contributed by atoms with Gasteiger partial charge in [0.2, 0.25) is 5.91 Å². The van der Waals surface area contributed by atoms with E-state index in [1.807, 2.05) is 74.5 Å². The Balaban J connectivity index is 1.70. The first-order chi connectivity index (χ1) is 14.4. The van der Waals surface area contributed by atoms with Crippen molar-refractivity contribution in [3.8, 4) is 0 Å². The van der Waals surface area contributed by atoms with Crippen molar-refractivity contribution in [2.45, 2.75) is 32.4 Å². The SMILES string of the molecule is Cc1cccc(N2C(=O)c3ccccc3CC2(C)C(=O)NCc2ccc(Cl)cc2)c1. The maximum absolute atomic E-state index is 13.5. The Morgan fingerprint density at radius 2 is 1.80 bits per heavy atom. The molecule has 3 aromatic rings. The van der Waals surface area contributed by atoms with Crippen molar-refractivity contribution in [1.29, 1.82) is 0 Å². The van der Waals surface area contributed by atoms with Crippen LogP contribution in [0.3, 0.4) is 0 Å².